The molecular formula is C25H27N3O3. The standard InChI is InChI=1S/C25H27N3O3/c1-17-7-8-23-21(13-17)22(14-18(2)26-23)25(30)28-11-9-27(10-12-28)24(29)16-19-5-4-6-20(15-19)31-3/h4-8,13-15H,9-12,16H2,1-3H3. The van der Waals surface area contributed by atoms with Gasteiger partial charge in [0.2, 0.25) is 5.91 Å². The minimum absolute atomic E-state index is 0.000921. The third-order valence-corrected chi connectivity index (χ3v) is 5.73. The molecule has 3 aromatic rings. The number of pyridine rings is 1. The first-order chi connectivity index (χ1) is 14.9. The number of aryl methyl sites for hydroxylation is 2. The van der Waals surface area contributed by atoms with Gasteiger partial charge in [-0.05, 0) is 49.7 Å². The van der Waals surface area contributed by atoms with Crippen LogP contribution in [0.1, 0.15) is 27.2 Å². The van der Waals surface area contributed by atoms with Crippen LogP contribution in [0.5, 0.6) is 5.75 Å². The van der Waals surface area contributed by atoms with Gasteiger partial charge < -0.3 is 14.5 Å². The summed E-state index contributed by atoms with van der Waals surface area (Å²) in [6.07, 6.45) is 0.332. The first-order valence-electron chi connectivity index (χ1n) is 10.5. The third-order valence-electron chi connectivity index (χ3n) is 5.73. The van der Waals surface area contributed by atoms with E-state index in [0.717, 1.165) is 33.5 Å². The van der Waals surface area contributed by atoms with Crippen molar-refractivity contribution < 1.29 is 14.3 Å². The maximum Gasteiger partial charge on any atom is 0.254 e. The van der Waals surface area contributed by atoms with E-state index in [1.54, 1.807) is 7.11 Å². The second kappa shape index (κ2) is 8.76. The molecule has 0 unspecified atom stereocenters. The molecule has 2 amide bonds. The van der Waals surface area contributed by atoms with Crippen molar-refractivity contribution in [3.8, 4) is 5.75 Å². The molecule has 1 aliphatic rings. The van der Waals surface area contributed by atoms with Crippen LogP contribution in [-0.4, -0.2) is 59.9 Å². The zero-order valence-electron chi connectivity index (χ0n) is 18.2. The molecule has 0 aliphatic carbocycles. The first-order valence-corrected chi connectivity index (χ1v) is 10.5. The van der Waals surface area contributed by atoms with Crippen LogP contribution in [0.15, 0.2) is 48.5 Å². The number of nitrogens with zero attached hydrogens (tertiary/aromatic N) is 3. The zero-order valence-corrected chi connectivity index (χ0v) is 18.2. The Labute approximate surface area is 182 Å². The maximum atomic E-state index is 13.3. The maximum absolute atomic E-state index is 13.3. The van der Waals surface area contributed by atoms with Crippen molar-refractivity contribution in [1.29, 1.82) is 0 Å². The minimum Gasteiger partial charge on any atom is -0.497 e. The zero-order chi connectivity index (χ0) is 22.0. The molecule has 0 radical (unpaired) electrons. The van der Waals surface area contributed by atoms with Gasteiger partial charge in [0, 0.05) is 37.3 Å². The molecule has 0 bridgehead atoms. The second-order valence-corrected chi connectivity index (χ2v) is 8.03. The van der Waals surface area contributed by atoms with Crippen LogP contribution < -0.4 is 4.74 Å². The van der Waals surface area contributed by atoms with Crippen LogP contribution in [0.25, 0.3) is 10.9 Å². The molecule has 6 nitrogen and oxygen atoms in total. The Morgan fingerprint density at radius 3 is 2.45 bits per heavy atom. The number of amides is 2. The lowest BCUT2D eigenvalue weighted by atomic mass is 10.0. The molecule has 2 aromatic carbocycles. The highest BCUT2D eigenvalue weighted by molar-refractivity contribution is 6.06. The summed E-state index contributed by atoms with van der Waals surface area (Å²) in [6, 6.07) is 15.4. The molecule has 1 saturated heterocycles. The summed E-state index contributed by atoms with van der Waals surface area (Å²) in [5.74, 6) is 0.818. The lowest BCUT2D eigenvalue weighted by Gasteiger charge is -2.35. The fourth-order valence-corrected chi connectivity index (χ4v) is 4.05. The summed E-state index contributed by atoms with van der Waals surface area (Å²) in [5, 5.41) is 0.882. The Bertz CT molecular complexity index is 1130. The lowest BCUT2D eigenvalue weighted by molar-refractivity contribution is -0.131. The Morgan fingerprint density at radius 2 is 1.71 bits per heavy atom. The molecule has 0 atom stereocenters. The van der Waals surface area contributed by atoms with E-state index in [4.69, 9.17) is 4.74 Å². The van der Waals surface area contributed by atoms with Crippen LogP contribution in [0.4, 0.5) is 0 Å². The third kappa shape index (κ3) is 4.53. The SMILES string of the molecule is COc1cccc(CC(=O)N2CCN(C(=O)c3cc(C)nc4ccc(C)cc34)CC2)c1. The number of carbonyl (C=O) groups is 2. The number of carbonyl (C=O) groups excluding carboxylic acids is 2. The number of ether oxygens (including phenoxy) is 1. The highest BCUT2D eigenvalue weighted by Crippen LogP contribution is 2.22. The van der Waals surface area contributed by atoms with Gasteiger partial charge in [0.15, 0.2) is 0 Å². The average Bonchev–Trinajstić information content (AvgIpc) is 2.78. The highest BCUT2D eigenvalue weighted by Gasteiger charge is 2.26. The minimum atomic E-state index is 0.000921. The first kappa shape index (κ1) is 20.8. The molecule has 2 heterocycles. The number of aromatic nitrogens is 1. The molecule has 1 fully saturated rings. The quantitative estimate of drug-likeness (QED) is 0.653. The van der Waals surface area contributed by atoms with E-state index in [1.165, 1.54) is 0 Å². The molecule has 160 valence electrons. The predicted molar refractivity (Wildman–Crippen MR) is 120 cm³/mol. The van der Waals surface area contributed by atoms with Gasteiger partial charge in [-0.15, -0.1) is 0 Å². The summed E-state index contributed by atoms with van der Waals surface area (Å²) in [7, 11) is 1.62. The summed E-state index contributed by atoms with van der Waals surface area (Å²) in [6.45, 7) is 6.05. The van der Waals surface area contributed by atoms with Crippen molar-refractivity contribution in [2.24, 2.45) is 0 Å². The predicted octanol–water partition coefficient (Wildman–Crippen LogP) is 3.39. The average molecular weight is 418 g/mol. The van der Waals surface area contributed by atoms with E-state index in [-0.39, 0.29) is 11.8 Å². The van der Waals surface area contributed by atoms with Gasteiger partial charge in [-0.3, -0.25) is 14.6 Å². The smallest absolute Gasteiger partial charge is 0.254 e. The van der Waals surface area contributed by atoms with Crippen molar-refractivity contribution in [3.63, 3.8) is 0 Å². The molecule has 31 heavy (non-hydrogen) atoms. The van der Waals surface area contributed by atoms with E-state index < -0.39 is 0 Å². The molecule has 1 aliphatic heterocycles. The molecular weight excluding hydrogens is 390 g/mol. The number of fused-ring (bicyclic) bond motifs is 1. The largest absolute Gasteiger partial charge is 0.497 e. The van der Waals surface area contributed by atoms with Crippen molar-refractivity contribution in [1.82, 2.24) is 14.8 Å². The highest BCUT2D eigenvalue weighted by atomic mass is 16.5. The van der Waals surface area contributed by atoms with Gasteiger partial charge >= 0.3 is 0 Å². The van der Waals surface area contributed by atoms with Gasteiger partial charge in [0.1, 0.15) is 5.75 Å². The van der Waals surface area contributed by atoms with E-state index in [1.807, 2.05) is 72.2 Å². The van der Waals surface area contributed by atoms with E-state index in [9.17, 15) is 9.59 Å². The second-order valence-electron chi connectivity index (χ2n) is 8.03. The van der Waals surface area contributed by atoms with Crippen LogP contribution in [0.2, 0.25) is 0 Å². The normalized spacial score (nSPS) is 14.0. The van der Waals surface area contributed by atoms with Gasteiger partial charge in [-0.25, -0.2) is 0 Å². The summed E-state index contributed by atoms with van der Waals surface area (Å²) in [4.78, 5) is 34.3. The lowest BCUT2D eigenvalue weighted by Crippen LogP contribution is -2.51. The van der Waals surface area contributed by atoms with Crippen LogP contribution >= 0.6 is 0 Å². The molecule has 0 spiro atoms. The number of rotatable bonds is 4. The molecule has 4 rings (SSSR count). The monoisotopic (exact) mass is 417 g/mol. The van der Waals surface area contributed by atoms with Crippen molar-refractivity contribution in [3.05, 3.63) is 70.9 Å². The van der Waals surface area contributed by atoms with E-state index in [0.29, 0.717) is 38.2 Å². The van der Waals surface area contributed by atoms with Crippen LogP contribution in [0, 0.1) is 13.8 Å². The Balaban J connectivity index is 1.44. The number of hydrogen-bond donors (Lipinski definition) is 0. The molecule has 0 N–H and O–H groups in total. The summed E-state index contributed by atoms with van der Waals surface area (Å²) < 4.78 is 5.24. The molecule has 6 heteroatoms. The fraction of sp³-hybridized carbons (Fsp3) is 0.320. The topological polar surface area (TPSA) is 62.7 Å². The number of piperazine rings is 1. The van der Waals surface area contributed by atoms with E-state index >= 15 is 0 Å². The van der Waals surface area contributed by atoms with Gasteiger partial charge in [-0.2, -0.15) is 0 Å². The Hall–Kier alpha value is -3.41. The fourth-order valence-electron chi connectivity index (χ4n) is 4.05. The Kier molecular flexibility index (Phi) is 5.89. The van der Waals surface area contributed by atoms with Crippen molar-refractivity contribution >= 4 is 22.7 Å². The van der Waals surface area contributed by atoms with E-state index in [2.05, 4.69) is 4.98 Å². The van der Waals surface area contributed by atoms with Crippen molar-refractivity contribution in [2.75, 3.05) is 33.3 Å². The number of benzene rings is 2. The van der Waals surface area contributed by atoms with Crippen molar-refractivity contribution in [2.45, 2.75) is 20.3 Å². The van der Waals surface area contributed by atoms with Gasteiger partial charge in [-0.1, -0.05) is 23.8 Å². The number of methoxy groups -OCH3 is 1. The van der Waals surface area contributed by atoms with Crippen LogP contribution in [-0.2, 0) is 11.2 Å². The van der Waals surface area contributed by atoms with Gasteiger partial charge in [0.25, 0.3) is 5.91 Å². The van der Waals surface area contributed by atoms with Crippen LogP contribution in [0.3, 0.4) is 0 Å². The summed E-state index contributed by atoms with van der Waals surface area (Å²) >= 11 is 0. The number of hydrogen-bond acceptors (Lipinski definition) is 4. The summed E-state index contributed by atoms with van der Waals surface area (Å²) in [5.41, 5.74) is 4.37. The Morgan fingerprint density at radius 1 is 0.968 bits per heavy atom. The molecule has 0 saturated carbocycles. The van der Waals surface area contributed by atoms with Gasteiger partial charge in [0.05, 0.1) is 24.6 Å². The molecule has 1 aromatic heterocycles.